The Kier molecular flexibility index (Phi) is 3.60. The maximum atomic E-state index is 12.9. The van der Waals surface area contributed by atoms with E-state index in [1.54, 1.807) is 18.3 Å². The number of pyridine rings is 1. The van der Waals surface area contributed by atoms with Crippen molar-refractivity contribution in [3.8, 4) is 0 Å². The number of hydrogen-bond donors (Lipinski definition) is 1. The summed E-state index contributed by atoms with van der Waals surface area (Å²) in [6, 6.07) is 15.1. The molecule has 3 atom stereocenters. The van der Waals surface area contributed by atoms with E-state index in [1.165, 1.54) is 0 Å². The van der Waals surface area contributed by atoms with E-state index in [0.717, 1.165) is 18.4 Å². The number of nitrogens with one attached hydrogen (secondary N) is 1. The summed E-state index contributed by atoms with van der Waals surface area (Å²) >= 11 is 0. The molecule has 27 heavy (non-hydrogen) atoms. The molecule has 0 unspecified atom stereocenters. The van der Waals surface area contributed by atoms with E-state index in [2.05, 4.69) is 10.3 Å². The molecule has 2 fully saturated rings. The Morgan fingerprint density at radius 2 is 1.93 bits per heavy atom. The Labute approximate surface area is 157 Å². The van der Waals surface area contributed by atoms with E-state index in [0.29, 0.717) is 30.5 Å². The lowest BCUT2D eigenvalue weighted by Gasteiger charge is -2.25. The summed E-state index contributed by atoms with van der Waals surface area (Å²) in [5.74, 6) is 0.927. The van der Waals surface area contributed by atoms with E-state index < -0.39 is 5.54 Å². The first kappa shape index (κ1) is 16.2. The summed E-state index contributed by atoms with van der Waals surface area (Å²) in [6.07, 6.45) is 3.29. The number of aliphatic imine (C=N–C) groups is 1. The molecule has 1 aromatic heterocycles. The molecule has 1 N–H and O–H groups in total. The van der Waals surface area contributed by atoms with Crippen molar-refractivity contribution in [1.82, 2.24) is 15.2 Å². The summed E-state index contributed by atoms with van der Waals surface area (Å²) in [7, 11) is 0. The lowest BCUT2D eigenvalue weighted by Crippen LogP contribution is -2.45. The van der Waals surface area contributed by atoms with Gasteiger partial charge < -0.3 is 10.2 Å². The van der Waals surface area contributed by atoms with Gasteiger partial charge in [0.15, 0.2) is 0 Å². The summed E-state index contributed by atoms with van der Waals surface area (Å²) in [6.45, 7) is 1.23. The standard InChI is InChI=1S/C21H20N4O2/c26-19(17-8-4-5-11-22-17)25-12-15-9-10-21(16(15)13-25)20(27)23-18(24-21)14-6-2-1-3-7-14/h1-8,11,15-16H,9-10,12-13H2,(H,23,24,27)/t15-,16+,21-/m1/s1. The van der Waals surface area contributed by atoms with Crippen LogP contribution in [0.4, 0.5) is 0 Å². The van der Waals surface area contributed by atoms with Crippen LogP contribution >= 0.6 is 0 Å². The molecule has 3 heterocycles. The second-order valence-corrected chi connectivity index (χ2v) is 7.54. The van der Waals surface area contributed by atoms with Crippen LogP contribution in [0.15, 0.2) is 59.7 Å². The van der Waals surface area contributed by atoms with Crippen molar-refractivity contribution in [2.75, 3.05) is 13.1 Å². The van der Waals surface area contributed by atoms with Crippen LogP contribution in [0.5, 0.6) is 0 Å². The van der Waals surface area contributed by atoms with Gasteiger partial charge in [-0.1, -0.05) is 36.4 Å². The predicted molar refractivity (Wildman–Crippen MR) is 100 cm³/mol. The molecular weight excluding hydrogens is 340 g/mol. The van der Waals surface area contributed by atoms with Crippen molar-refractivity contribution in [3.05, 3.63) is 66.0 Å². The molecule has 1 aromatic carbocycles. The van der Waals surface area contributed by atoms with Crippen molar-refractivity contribution in [2.45, 2.75) is 18.4 Å². The van der Waals surface area contributed by atoms with Gasteiger partial charge in [-0.3, -0.25) is 19.6 Å². The highest BCUT2D eigenvalue weighted by Crippen LogP contribution is 2.49. The zero-order chi connectivity index (χ0) is 18.4. The zero-order valence-corrected chi connectivity index (χ0v) is 14.8. The first-order valence-corrected chi connectivity index (χ1v) is 9.34. The third kappa shape index (κ3) is 2.47. The van der Waals surface area contributed by atoms with Crippen molar-refractivity contribution < 1.29 is 9.59 Å². The minimum Gasteiger partial charge on any atom is -0.337 e. The molecule has 136 valence electrons. The Hall–Kier alpha value is -3.02. The van der Waals surface area contributed by atoms with Gasteiger partial charge in [0, 0.05) is 30.8 Å². The number of benzene rings is 1. The van der Waals surface area contributed by atoms with Crippen molar-refractivity contribution in [3.63, 3.8) is 0 Å². The van der Waals surface area contributed by atoms with Crippen molar-refractivity contribution in [2.24, 2.45) is 16.8 Å². The van der Waals surface area contributed by atoms with Crippen LogP contribution in [0.2, 0.25) is 0 Å². The topological polar surface area (TPSA) is 74.7 Å². The average Bonchev–Trinajstić information content (AvgIpc) is 3.38. The van der Waals surface area contributed by atoms with E-state index in [-0.39, 0.29) is 17.7 Å². The molecule has 0 bridgehead atoms. The summed E-state index contributed by atoms with van der Waals surface area (Å²) in [5, 5.41) is 2.99. The summed E-state index contributed by atoms with van der Waals surface area (Å²) < 4.78 is 0. The number of likely N-dealkylation sites (tertiary alicyclic amines) is 1. The first-order chi connectivity index (χ1) is 13.2. The monoisotopic (exact) mass is 360 g/mol. The maximum Gasteiger partial charge on any atom is 0.272 e. The average molecular weight is 360 g/mol. The quantitative estimate of drug-likeness (QED) is 0.889. The highest BCUT2D eigenvalue weighted by Gasteiger charge is 2.59. The molecule has 1 aliphatic carbocycles. The van der Waals surface area contributed by atoms with Crippen LogP contribution in [-0.4, -0.2) is 46.2 Å². The number of amides is 2. The normalized spacial score (nSPS) is 29.0. The van der Waals surface area contributed by atoms with Crippen LogP contribution in [-0.2, 0) is 4.79 Å². The third-order valence-electron chi connectivity index (χ3n) is 6.11. The molecule has 6 nitrogen and oxygen atoms in total. The Bertz CT molecular complexity index is 928. The number of hydrogen-bond acceptors (Lipinski definition) is 4. The van der Waals surface area contributed by atoms with E-state index in [9.17, 15) is 9.59 Å². The Morgan fingerprint density at radius 3 is 2.70 bits per heavy atom. The predicted octanol–water partition coefficient (Wildman–Crippen LogP) is 1.88. The van der Waals surface area contributed by atoms with Crippen molar-refractivity contribution in [1.29, 1.82) is 0 Å². The summed E-state index contributed by atoms with van der Waals surface area (Å²) in [4.78, 5) is 36.6. The fourth-order valence-corrected chi connectivity index (χ4v) is 4.76. The molecule has 5 rings (SSSR count). The van der Waals surface area contributed by atoms with Gasteiger partial charge in [-0.25, -0.2) is 0 Å². The van der Waals surface area contributed by atoms with Crippen LogP contribution < -0.4 is 5.32 Å². The molecule has 1 saturated heterocycles. The second-order valence-electron chi connectivity index (χ2n) is 7.54. The maximum absolute atomic E-state index is 12.9. The molecule has 1 spiro atoms. The Balaban J connectivity index is 1.42. The minimum absolute atomic E-state index is 0.0269. The molecule has 3 aliphatic rings. The largest absolute Gasteiger partial charge is 0.337 e. The summed E-state index contributed by atoms with van der Waals surface area (Å²) in [5.41, 5.74) is 0.635. The fourth-order valence-electron chi connectivity index (χ4n) is 4.76. The van der Waals surface area contributed by atoms with Crippen LogP contribution in [0.1, 0.15) is 28.9 Å². The number of aromatic nitrogens is 1. The molecule has 0 radical (unpaired) electrons. The lowest BCUT2D eigenvalue weighted by molar-refractivity contribution is -0.124. The number of rotatable bonds is 2. The van der Waals surface area contributed by atoms with Crippen LogP contribution in [0.25, 0.3) is 0 Å². The zero-order valence-electron chi connectivity index (χ0n) is 14.8. The van der Waals surface area contributed by atoms with Crippen LogP contribution in [0.3, 0.4) is 0 Å². The van der Waals surface area contributed by atoms with Gasteiger partial charge in [0.25, 0.3) is 11.8 Å². The first-order valence-electron chi connectivity index (χ1n) is 9.34. The van der Waals surface area contributed by atoms with Gasteiger partial charge in [0.05, 0.1) is 0 Å². The smallest absolute Gasteiger partial charge is 0.272 e. The highest BCUT2D eigenvalue weighted by molar-refractivity contribution is 6.15. The fraction of sp³-hybridized carbons (Fsp3) is 0.333. The third-order valence-corrected chi connectivity index (χ3v) is 6.11. The SMILES string of the molecule is O=C(c1ccccn1)N1C[C@H]2CC[C@@]3(N=C(c4ccccc4)NC3=O)[C@H]2C1. The molecule has 2 aromatic rings. The number of nitrogens with zero attached hydrogens (tertiary/aromatic N) is 3. The molecule has 2 amide bonds. The van der Waals surface area contributed by atoms with Gasteiger partial charge in [-0.2, -0.15) is 0 Å². The van der Waals surface area contributed by atoms with Gasteiger partial charge in [-0.05, 0) is 30.9 Å². The number of fused-ring (bicyclic) bond motifs is 2. The minimum atomic E-state index is -0.741. The molecule has 2 aliphatic heterocycles. The van der Waals surface area contributed by atoms with Crippen molar-refractivity contribution >= 4 is 17.6 Å². The Morgan fingerprint density at radius 1 is 1.11 bits per heavy atom. The molecule has 6 heteroatoms. The molecular formula is C21H20N4O2. The second kappa shape index (κ2) is 6.01. The van der Waals surface area contributed by atoms with Gasteiger partial charge >= 0.3 is 0 Å². The van der Waals surface area contributed by atoms with Gasteiger partial charge in [0.2, 0.25) is 0 Å². The number of carbonyl (C=O) groups excluding carboxylic acids is 2. The van der Waals surface area contributed by atoms with Gasteiger partial charge in [0.1, 0.15) is 17.1 Å². The number of carbonyl (C=O) groups is 2. The van der Waals surface area contributed by atoms with Gasteiger partial charge in [-0.15, -0.1) is 0 Å². The van der Waals surface area contributed by atoms with E-state index in [1.807, 2.05) is 41.3 Å². The van der Waals surface area contributed by atoms with E-state index >= 15 is 0 Å². The van der Waals surface area contributed by atoms with E-state index in [4.69, 9.17) is 4.99 Å². The molecule has 1 saturated carbocycles. The highest BCUT2D eigenvalue weighted by atomic mass is 16.2. The number of amidine groups is 1. The van der Waals surface area contributed by atoms with Crippen LogP contribution in [0, 0.1) is 11.8 Å². The lowest BCUT2D eigenvalue weighted by atomic mass is 9.85.